The van der Waals surface area contributed by atoms with Crippen LogP contribution in [0.15, 0.2) is 0 Å². The van der Waals surface area contributed by atoms with Gasteiger partial charge in [-0.1, -0.05) is 58.3 Å². The summed E-state index contributed by atoms with van der Waals surface area (Å²) in [5.74, 6) is -0.720. The number of carbonyl (C=O) groups is 1. The first-order valence-electron chi connectivity index (χ1n) is 9.14. The van der Waals surface area contributed by atoms with Gasteiger partial charge in [-0.15, -0.1) is 0 Å². The maximum Gasteiger partial charge on any atom is 0.303 e. The van der Waals surface area contributed by atoms with Crippen molar-refractivity contribution in [3.8, 4) is 0 Å². The molecular formula is C18H36O4. The van der Waals surface area contributed by atoms with Crippen LogP contribution in [0.25, 0.3) is 0 Å². The molecule has 0 rings (SSSR count). The molecule has 0 spiro atoms. The van der Waals surface area contributed by atoms with Gasteiger partial charge in [0.05, 0.1) is 12.2 Å². The second kappa shape index (κ2) is 15.3. The highest BCUT2D eigenvalue weighted by atomic mass is 16.4. The fourth-order valence-corrected chi connectivity index (χ4v) is 2.75. The molecule has 0 bridgehead atoms. The Morgan fingerprint density at radius 3 is 1.55 bits per heavy atom. The van der Waals surface area contributed by atoms with E-state index < -0.39 is 5.97 Å². The molecule has 2 unspecified atom stereocenters. The minimum absolute atomic E-state index is 0.128. The first-order chi connectivity index (χ1) is 10.6. The van der Waals surface area contributed by atoms with Crippen molar-refractivity contribution in [2.75, 3.05) is 0 Å². The number of carboxylic acids is 1. The fourth-order valence-electron chi connectivity index (χ4n) is 2.75. The highest BCUT2D eigenvalue weighted by Crippen LogP contribution is 2.14. The molecule has 4 heteroatoms. The third kappa shape index (κ3) is 15.8. The van der Waals surface area contributed by atoms with E-state index in [4.69, 9.17) is 5.11 Å². The molecule has 0 fully saturated rings. The normalized spacial score (nSPS) is 14.0. The summed E-state index contributed by atoms with van der Waals surface area (Å²) in [5.41, 5.74) is 0. The Hall–Kier alpha value is -0.610. The molecule has 22 heavy (non-hydrogen) atoms. The molecule has 0 heterocycles. The Morgan fingerprint density at radius 1 is 0.727 bits per heavy atom. The maximum absolute atomic E-state index is 10.3. The molecule has 0 radical (unpaired) electrons. The summed E-state index contributed by atoms with van der Waals surface area (Å²) < 4.78 is 0. The lowest BCUT2D eigenvalue weighted by atomic mass is 10.0. The van der Waals surface area contributed by atoms with E-state index in [0.717, 1.165) is 83.5 Å². The summed E-state index contributed by atoms with van der Waals surface area (Å²) in [6.45, 7) is 2.09. The second-order valence-electron chi connectivity index (χ2n) is 6.43. The summed E-state index contributed by atoms with van der Waals surface area (Å²) in [6, 6.07) is 0. The summed E-state index contributed by atoms with van der Waals surface area (Å²) >= 11 is 0. The van der Waals surface area contributed by atoms with Gasteiger partial charge in [-0.05, 0) is 32.1 Å². The molecule has 0 aromatic heterocycles. The average molecular weight is 316 g/mol. The van der Waals surface area contributed by atoms with Crippen LogP contribution in [0.4, 0.5) is 0 Å². The third-order valence-corrected chi connectivity index (χ3v) is 4.12. The van der Waals surface area contributed by atoms with Crippen LogP contribution >= 0.6 is 0 Å². The van der Waals surface area contributed by atoms with E-state index in [2.05, 4.69) is 6.92 Å². The Balaban J connectivity index is 3.25. The Morgan fingerprint density at radius 2 is 1.14 bits per heavy atom. The van der Waals surface area contributed by atoms with E-state index in [9.17, 15) is 15.0 Å². The van der Waals surface area contributed by atoms with Gasteiger partial charge in [0.2, 0.25) is 0 Å². The summed E-state index contributed by atoms with van der Waals surface area (Å²) in [6.07, 6.45) is 12.6. The van der Waals surface area contributed by atoms with Crippen LogP contribution in [-0.2, 0) is 4.79 Å². The number of unbranched alkanes of at least 4 members (excludes halogenated alkanes) is 6. The quantitative estimate of drug-likeness (QED) is 0.371. The Labute approximate surface area is 135 Å². The number of hydrogen-bond donors (Lipinski definition) is 3. The minimum atomic E-state index is -0.720. The lowest BCUT2D eigenvalue weighted by molar-refractivity contribution is -0.137. The molecule has 0 saturated heterocycles. The van der Waals surface area contributed by atoms with Gasteiger partial charge in [-0.2, -0.15) is 0 Å². The summed E-state index contributed by atoms with van der Waals surface area (Å²) in [4.78, 5) is 10.3. The Bertz CT molecular complexity index is 255. The summed E-state index contributed by atoms with van der Waals surface area (Å²) in [7, 11) is 0. The predicted molar refractivity (Wildman–Crippen MR) is 90.0 cm³/mol. The van der Waals surface area contributed by atoms with Crippen LogP contribution in [0.5, 0.6) is 0 Å². The largest absolute Gasteiger partial charge is 0.481 e. The van der Waals surface area contributed by atoms with Gasteiger partial charge < -0.3 is 15.3 Å². The van der Waals surface area contributed by atoms with Crippen LogP contribution < -0.4 is 0 Å². The number of aliphatic hydroxyl groups is 2. The number of rotatable bonds is 16. The smallest absolute Gasteiger partial charge is 0.303 e. The number of aliphatic carboxylic acids is 1. The topological polar surface area (TPSA) is 77.8 Å². The van der Waals surface area contributed by atoms with Gasteiger partial charge in [-0.25, -0.2) is 0 Å². The van der Waals surface area contributed by atoms with Crippen molar-refractivity contribution in [2.24, 2.45) is 0 Å². The molecule has 132 valence electrons. The van der Waals surface area contributed by atoms with Crippen molar-refractivity contribution in [3.63, 3.8) is 0 Å². The monoisotopic (exact) mass is 316 g/mol. The molecule has 0 aliphatic rings. The van der Waals surface area contributed by atoms with Gasteiger partial charge in [0, 0.05) is 6.42 Å². The lowest BCUT2D eigenvalue weighted by Crippen LogP contribution is -2.07. The SMILES string of the molecule is CCCC(O)CCCCCCC(O)CCCCCCC(=O)O. The molecule has 0 aromatic rings. The van der Waals surface area contributed by atoms with Crippen molar-refractivity contribution in [1.82, 2.24) is 0 Å². The highest BCUT2D eigenvalue weighted by Gasteiger charge is 2.05. The van der Waals surface area contributed by atoms with E-state index in [1.807, 2.05) is 0 Å². The van der Waals surface area contributed by atoms with Crippen LogP contribution in [0.2, 0.25) is 0 Å². The van der Waals surface area contributed by atoms with Crippen LogP contribution in [-0.4, -0.2) is 33.5 Å². The third-order valence-electron chi connectivity index (χ3n) is 4.12. The van der Waals surface area contributed by atoms with Gasteiger partial charge in [0.25, 0.3) is 0 Å². The molecule has 0 aliphatic heterocycles. The zero-order chi connectivity index (χ0) is 16.6. The molecule has 0 aliphatic carbocycles. The van der Waals surface area contributed by atoms with E-state index in [1.54, 1.807) is 0 Å². The molecule has 2 atom stereocenters. The zero-order valence-corrected chi connectivity index (χ0v) is 14.3. The zero-order valence-electron chi connectivity index (χ0n) is 14.3. The van der Waals surface area contributed by atoms with E-state index in [0.29, 0.717) is 0 Å². The number of hydrogen-bond acceptors (Lipinski definition) is 3. The van der Waals surface area contributed by atoms with E-state index in [-0.39, 0.29) is 18.6 Å². The molecule has 3 N–H and O–H groups in total. The summed E-state index contributed by atoms with van der Waals surface area (Å²) in [5, 5.41) is 28.0. The van der Waals surface area contributed by atoms with Crippen molar-refractivity contribution in [1.29, 1.82) is 0 Å². The molecule has 0 amide bonds. The van der Waals surface area contributed by atoms with Crippen LogP contribution in [0.3, 0.4) is 0 Å². The van der Waals surface area contributed by atoms with Crippen molar-refractivity contribution >= 4 is 5.97 Å². The average Bonchev–Trinajstić information content (AvgIpc) is 2.46. The van der Waals surface area contributed by atoms with E-state index in [1.165, 1.54) is 0 Å². The lowest BCUT2D eigenvalue weighted by Gasteiger charge is -2.11. The van der Waals surface area contributed by atoms with Gasteiger partial charge in [0.15, 0.2) is 0 Å². The number of carboxylic acid groups (broad SMARTS) is 1. The number of aliphatic hydroxyl groups excluding tert-OH is 2. The second-order valence-corrected chi connectivity index (χ2v) is 6.43. The molecular weight excluding hydrogens is 280 g/mol. The van der Waals surface area contributed by atoms with Crippen molar-refractivity contribution < 1.29 is 20.1 Å². The standard InChI is InChI=1S/C18H36O4/c1-2-11-16(19)12-7-3-4-8-13-17(20)14-9-5-6-10-15-18(21)22/h16-17,19-20H,2-15H2,1H3,(H,21,22). The Kier molecular flexibility index (Phi) is 14.9. The van der Waals surface area contributed by atoms with Gasteiger partial charge >= 0.3 is 5.97 Å². The fraction of sp³-hybridized carbons (Fsp3) is 0.944. The van der Waals surface area contributed by atoms with Crippen molar-refractivity contribution in [2.45, 2.75) is 109 Å². The van der Waals surface area contributed by atoms with Crippen molar-refractivity contribution in [3.05, 3.63) is 0 Å². The first kappa shape index (κ1) is 21.4. The van der Waals surface area contributed by atoms with E-state index >= 15 is 0 Å². The van der Waals surface area contributed by atoms with Gasteiger partial charge in [-0.3, -0.25) is 4.79 Å². The predicted octanol–water partition coefficient (Wildman–Crippen LogP) is 4.27. The van der Waals surface area contributed by atoms with Crippen LogP contribution in [0, 0.1) is 0 Å². The maximum atomic E-state index is 10.3. The van der Waals surface area contributed by atoms with Crippen LogP contribution in [0.1, 0.15) is 96.8 Å². The first-order valence-corrected chi connectivity index (χ1v) is 9.14. The molecule has 0 aromatic carbocycles. The van der Waals surface area contributed by atoms with Gasteiger partial charge in [0.1, 0.15) is 0 Å². The molecule has 0 saturated carbocycles. The highest BCUT2D eigenvalue weighted by molar-refractivity contribution is 5.66. The minimum Gasteiger partial charge on any atom is -0.481 e. The molecule has 4 nitrogen and oxygen atoms in total.